The van der Waals surface area contributed by atoms with Gasteiger partial charge in [-0.05, 0) is 23.8 Å². The van der Waals surface area contributed by atoms with Crippen LogP contribution in [0.3, 0.4) is 0 Å². The smallest absolute Gasteiger partial charge is 0.328 e. The maximum atomic E-state index is 13.9. The van der Waals surface area contributed by atoms with E-state index in [-0.39, 0.29) is 18.7 Å². The topological polar surface area (TPSA) is 98.1 Å². The number of carbonyl (C=O) groups excluding carboxylic acids is 1. The number of hydrogen-bond donors (Lipinski definition) is 3. The molecule has 0 aliphatic carbocycles. The number of hydrogen-bond acceptors (Lipinski definition) is 4. The molecule has 1 fully saturated rings. The first-order valence-corrected chi connectivity index (χ1v) is 6.24. The SMILES string of the molecule is O=C(O)/C=C/c1ccc(C(=O)N2CC(O)C(O)C2)c(F)c1. The number of β-amino-alcohol motifs (C(OH)–C–C–N with tert-alkyl or cyclic N) is 2. The predicted octanol–water partition coefficient (Wildman–Crippen LogP) is 0.101. The van der Waals surface area contributed by atoms with E-state index in [9.17, 15) is 24.2 Å². The standard InChI is InChI=1S/C14H14FNO5/c15-10-5-8(2-4-13(19)20)1-3-9(10)14(21)16-6-11(17)12(18)7-16/h1-5,11-12,17-18H,6-7H2,(H,19,20)/b4-2+. The highest BCUT2D eigenvalue weighted by molar-refractivity contribution is 5.95. The van der Waals surface area contributed by atoms with Gasteiger partial charge >= 0.3 is 5.97 Å². The second-order valence-electron chi connectivity index (χ2n) is 4.76. The lowest BCUT2D eigenvalue weighted by molar-refractivity contribution is -0.131. The summed E-state index contributed by atoms with van der Waals surface area (Å²) in [6.07, 6.45) is 0.0107. The van der Waals surface area contributed by atoms with Gasteiger partial charge in [-0.2, -0.15) is 0 Å². The lowest BCUT2D eigenvalue weighted by atomic mass is 10.1. The molecule has 2 atom stereocenters. The summed E-state index contributed by atoms with van der Waals surface area (Å²) in [6.45, 7) is -0.111. The maximum absolute atomic E-state index is 13.9. The number of nitrogens with zero attached hydrogens (tertiary/aromatic N) is 1. The first kappa shape index (κ1) is 15.1. The molecule has 7 heteroatoms. The van der Waals surface area contributed by atoms with E-state index in [1.165, 1.54) is 23.1 Å². The summed E-state index contributed by atoms with van der Waals surface area (Å²) in [5.41, 5.74) is 0.122. The van der Waals surface area contributed by atoms with E-state index in [1.54, 1.807) is 0 Å². The minimum Gasteiger partial charge on any atom is -0.478 e. The Labute approximate surface area is 119 Å². The molecule has 21 heavy (non-hydrogen) atoms. The van der Waals surface area contributed by atoms with Crippen LogP contribution in [0.25, 0.3) is 6.08 Å². The third-order valence-electron chi connectivity index (χ3n) is 3.19. The summed E-state index contributed by atoms with van der Waals surface area (Å²) < 4.78 is 13.9. The van der Waals surface area contributed by atoms with Gasteiger partial charge in [0, 0.05) is 19.2 Å². The number of amides is 1. The maximum Gasteiger partial charge on any atom is 0.328 e. The molecule has 0 bridgehead atoms. The average Bonchev–Trinajstić information content (AvgIpc) is 2.76. The molecule has 1 aromatic rings. The summed E-state index contributed by atoms with van der Waals surface area (Å²) in [5, 5.41) is 27.3. The van der Waals surface area contributed by atoms with E-state index in [4.69, 9.17) is 5.11 Å². The first-order valence-electron chi connectivity index (χ1n) is 6.24. The van der Waals surface area contributed by atoms with E-state index < -0.39 is 29.9 Å². The number of aliphatic hydroxyl groups is 2. The zero-order valence-corrected chi connectivity index (χ0v) is 10.9. The van der Waals surface area contributed by atoms with Gasteiger partial charge in [-0.25, -0.2) is 9.18 Å². The summed E-state index contributed by atoms with van der Waals surface area (Å²) >= 11 is 0. The molecule has 1 heterocycles. The Balaban J connectivity index is 2.17. The van der Waals surface area contributed by atoms with Crippen LogP contribution in [-0.2, 0) is 4.79 Å². The fourth-order valence-electron chi connectivity index (χ4n) is 2.08. The zero-order valence-electron chi connectivity index (χ0n) is 10.9. The minimum absolute atomic E-state index is 0.0554. The predicted molar refractivity (Wildman–Crippen MR) is 71.0 cm³/mol. The first-order chi connectivity index (χ1) is 9.88. The fraction of sp³-hybridized carbons (Fsp3) is 0.286. The molecular formula is C14H14FNO5. The molecule has 2 unspecified atom stereocenters. The van der Waals surface area contributed by atoms with E-state index in [1.807, 2.05) is 0 Å². The number of likely N-dealkylation sites (tertiary alicyclic amines) is 1. The molecular weight excluding hydrogens is 281 g/mol. The van der Waals surface area contributed by atoms with E-state index in [2.05, 4.69) is 0 Å². The van der Waals surface area contributed by atoms with Gasteiger partial charge in [0.15, 0.2) is 0 Å². The average molecular weight is 295 g/mol. The number of aliphatic hydroxyl groups excluding tert-OH is 2. The third kappa shape index (κ3) is 3.45. The van der Waals surface area contributed by atoms with E-state index in [0.717, 1.165) is 12.1 Å². The van der Waals surface area contributed by atoms with Crippen LogP contribution in [-0.4, -0.2) is 57.4 Å². The summed E-state index contributed by atoms with van der Waals surface area (Å²) in [6, 6.07) is 3.71. The molecule has 0 aromatic heterocycles. The lowest BCUT2D eigenvalue weighted by Crippen LogP contribution is -2.30. The van der Waals surface area contributed by atoms with Crippen LogP contribution < -0.4 is 0 Å². The molecule has 0 spiro atoms. The number of aliphatic carboxylic acids is 1. The zero-order chi connectivity index (χ0) is 15.6. The van der Waals surface area contributed by atoms with Gasteiger partial charge in [0.2, 0.25) is 0 Å². The van der Waals surface area contributed by atoms with Gasteiger partial charge in [0.05, 0.1) is 17.8 Å². The van der Waals surface area contributed by atoms with Crippen molar-refractivity contribution in [2.45, 2.75) is 12.2 Å². The molecule has 2 rings (SSSR count). The van der Waals surface area contributed by atoms with Gasteiger partial charge < -0.3 is 20.2 Å². The number of carbonyl (C=O) groups is 2. The van der Waals surface area contributed by atoms with E-state index in [0.29, 0.717) is 5.56 Å². The van der Waals surface area contributed by atoms with Crippen LogP contribution in [0.15, 0.2) is 24.3 Å². The molecule has 6 nitrogen and oxygen atoms in total. The van der Waals surface area contributed by atoms with Gasteiger partial charge in [0.1, 0.15) is 5.82 Å². The molecule has 1 aromatic carbocycles. The largest absolute Gasteiger partial charge is 0.478 e. The van der Waals surface area contributed by atoms with Crippen molar-refractivity contribution in [3.05, 3.63) is 41.2 Å². The van der Waals surface area contributed by atoms with Crippen molar-refractivity contribution in [2.24, 2.45) is 0 Å². The van der Waals surface area contributed by atoms with Gasteiger partial charge in [-0.3, -0.25) is 4.79 Å². The molecule has 1 aliphatic heterocycles. The Kier molecular flexibility index (Phi) is 4.35. The Hall–Kier alpha value is -2.25. The van der Waals surface area contributed by atoms with Crippen LogP contribution in [0, 0.1) is 5.82 Å². The van der Waals surface area contributed by atoms with Crippen molar-refractivity contribution < 1.29 is 29.3 Å². The van der Waals surface area contributed by atoms with Crippen molar-refractivity contribution >= 4 is 18.0 Å². The van der Waals surface area contributed by atoms with Crippen LogP contribution in [0.5, 0.6) is 0 Å². The number of benzene rings is 1. The molecule has 112 valence electrons. The molecule has 3 N–H and O–H groups in total. The van der Waals surface area contributed by atoms with Gasteiger partial charge in [-0.15, -0.1) is 0 Å². The molecule has 1 aliphatic rings. The molecule has 0 saturated carbocycles. The van der Waals surface area contributed by atoms with Crippen LogP contribution in [0.2, 0.25) is 0 Å². The lowest BCUT2D eigenvalue weighted by Gasteiger charge is -2.15. The van der Waals surface area contributed by atoms with Crippen LogP contribution in [0.1, 0.15) is 15.9 Å². The summed E-state index contributed by atoms with van der Waals surface area (Å²) in [4.78, 5) is 23.6. The quantitative estimate of drug-likeness (QED) is 0.687. The van der Waals surface area contributed by atoms with E-state index >= 15 is 0 Å². The Bertz CT molecular complexity index is 591. The van der Waals surface area contributed by atoms with Crippen LogP contribution in [0.4, 0.5) is 4.39 Å². The molecule has 1 saturated heterocycles. The van der Waals surface area contributed by atoms with Crippen molar-refractivity contribution in [3.63, 3.8) is 0 Å². The highest BCUT2D eigenvalue weighted by Crippen LogP contribution is 2.18. The Morgan fingerprint density at radius 2 is 1.86 bits per heavy atom. The highest BCUT2D eigenvalue weighted by atomic mass is 19.1. The second-order valence-corrected chi connectivity index (χ2v) is 4.76. The monoisotopic (exact) mass is 295 g/mol. The third-order valence-corrected chi connectivity index (χ3v) is 3.19. The van der Waals surface area contributed by atoms with Crippen molar-refractivity contribution in [1.29, 1.82) is 0 Å². The fourth-order valence-corrected chi connectivity index (χ4v) is 2.08. The Morgan fingerprint density at radius 3 is 2.38 bits per heavy atom. The highest BCUT2D eigenvalue weighted by Gasteiger charge is 2.33. The molecule has 0 radical (unpaired) electrons. The van der Waals surface area contributed by atoms with Crippen molar-refractivity contribution in [1.82, 2.24) is 4.90 Å². The number of rotatable bonds is 3. The summed E-state index contributed by atoms with van der Waals surface area (Å²) in [7, 11) is 0. The number of halogens is 1. The number of carboxylic acid groups (broad SMARTS) is 1. The van der Waals surface area contributed by atoms with Gasteiger partial charge in [0.25, 0.3) is 5.91 Å². The van der Waals surface area contributed by atoms with Gasteiger partial charge in [-0.1, -0.05) is 6.07 Å². The summed E-state index contributed by atoms with van der Waals surface area (Å²) in [5.74, 6) is -2.57. The minimum atomic E-state index is -1.16. The Morgan fingerprint density at radius 1 is 1.24 bits per heavy atom. The number of carboxylic acids is 1. The van der Waals surface area contributed by atoms with Crippen LogP contribution >= 0.6 is 0 Å². The second kappa shape index (κ2) is 6.02. The van der Waals surface area contributed by atoms with Crippen molar-refractivity contribution in [2.75, 3.05) is 13.1 Å². The molecule has 1 amide bonds. The normalized spacial score (nSPS) is 22.0. The van der Waals surface area contributed by atoms with Crippen molar-refractivity contribution in [3.8, 4) is 0 Å².